The molecule has 0 spiro atoms. The average Bonchev–Trinajstić information content (AvgIpc) is 3.41. The summed E-state index contributed by atoms with van der Waals surface area (Å²) in [4.78, 5) is 40.7. The monoisotopic (exact) mass is 548 g/mol. The zero-order valence-electron chi connectivity index (χ0n) is 21.2. The van der Waals surface area contributed by atoms with E-state index in [1.54, 1.807) is 24.1 Å². The number of carbonyl (C=O) groups excluding carboxylic acids is 3. The largest absolute Gasteiger partial charge is 0.497 e. The Hall–Kier alpha value is -2.49. The first-order chi connectivity index (χ1) is 16.2. The second-order valence-electron chi connectivity index (χ2n) is 9.99. The minimum Gasteiger partial charge on any atom is -0.497 e. The lowest BCUT2D eigenvalue weighted by atomic mass is 9.86. The zero-order chi connectivity index (χ0) is 24.5. The van der Waals surface area contributed by atoms with Crippen molar-refractivity contribution in [3.8, 4) is 5.75 Å². The van der Waals surface area contributed by atoms with Gasteiger partial charge in [-0.05, 0) is 47.2 Å². The van der Waals surface area contributed by atoms with E-state index in [1.165, 1.54) is 0 Å². The maximum Gasteiger partial charge on any atom is 0.251 e. The van der Waals surface area contributed by atoms with Gasteiger partial charge in [0.2, 0.25) is 5.91 Å². The highest BCUT2D eigenvalue weighted by Crippen LogP contribution is 2.28. The summed E-state index contributed by atoms with van der Waals surface area (Å²) in [7, 11) is 1.59. The lowest BCUT2D eigenvalue weighted by Gasteiger charge is -2.28. The Morgan fingerprint density at radius 3 is 2.27 bits per heavy atom. The van der Waals surface area contributed by atoms with Gasteiger partial charge >= 0.3 is 0 Å². The zero-order valence-corrected chi connectivity index (χ0v) is 23.2. The molecule has 37 heavy (non-hydrogen) atoms. The molecule has 0 bridgehead atoms. The average molecular weight is 549 g/mol. The Labute approximate surface area is 234 Å². The molecule has 0 saturated carbocycles. The Morgan fingerprint density at radius 2 is 1.70 bits per heavy atom. The fourth-order valence-electron chi connectivity index (χ4n) is 4.60. The number of likely N-dealkylation sites (tertiary alicyclic amines) is 1. The van der Waals surface area contributed by atoms with Crippen LogP contribution in [0.2, 0.25) is 0 Å². The molecule has 204 valence electrons. The molecule has 2 heterocycles. The SMILES string of the molecule is C.COc1ccc(C[C@H](NC(=O)c2ccc(C(C)(C)C)cc2)C(=O)N2CC[C@H]3OCC(=O)[C@H]32)cc1.S.S. The van der Waals surface area contributed by atoms with Crippen LogP contribution in [0.5, 0.6) is 5.75 Å². The highest BCUT2D eigenvalue weighted by atomic mass is 32.1. The molecular weight excluding hydrogens is 508 g/mol. The molecule has 1 N–H and O–H groups in total. The fraction of sp³-hybridized carbons (Fsp3) is 0.464. The Bertz CT molecular complexity index is 1070. The van der Waals surface area contributed by atoms with Gasteiger partial charge in [0.1, 0.15) is 24.4 Å². The number of ether oxygens (including phenoxy) is 2. The Morgan fingerprint density at radius 1 is 1.08 bits per heavy atom. The molecule has 2 aliphatic heterocycles. The molecule has 7 nitrogen and oxygen atoms in total. The van der Waals surface area contributed by atoms with Crippen molar-refractivity contribution in [2.24, 2.45) is 0 Å². The van der Waals surface area contributed by atoms with E-state index < -0.39 is 12.1 Å². The minimum atomic E-state index is -0.810. The molecule has 4 rings (SSSR count). The quantitative estimate of drug-likeness (QED) is 0.594. The van der Waals surface area contributed by atoms with E-state index in [0.717, 1.165) is 11.1 Å². The Kier molecular flexibility index (Phi) is 11.7. The van der Waals surface area contributed by atoms with Gasteiger partial charge in [-0.3, -0.25) is 14.4 Å². The molecule has 2 fully saturated rings. The number of rotatable bonds is 6. The second-order valence-corrected chi connectivity index (χ2v) is 9.99. The van der Waals surface area contributed by atoms with Crippen molar-refractivity contribution >= 4 is 44.6 Å². The molecule has 2 saturated heterocycles. The van der Waals surface area contributed by atoms with Gasteiger partial charge in [0.05, 0.1) is 13.2 Å². The van der Waals surface area contributed by atoms with E-state index >= 15 is 0 Å². The summed E-state index contributed by atoms with van der Waals surface area (Å²) in [5, 5.41) is 2.93. The number of nitrogens with one attached hydrogen (secondary N) is 1. The van der Waals surface area contributed by atoms with Crippen LogP contribution >= 0.6 is 27.0 Å². The third-order valence-electron chi connectivity index (χ3n) is 6.61. The topological polar surface area (TPSA) is 84.9 Å². The van der Waals surface area contributed by atoms with Gasteiger partial charge in [0, 0.05) is 18.5 Å². The third-order valence-corrected chi connectivity index (χ3v) is 6.61. The number of ketones is 1. The minimum absolute atomic E-state index is 0. The molecule has 0 unspecified atom stereocenters. The smallest absolute Gasteiger partial charge is 0.251 e. The van der Waals surface area contributed by atoms with Gasteiger partial charge in [-0.25, -0.2) is 0 Å². The molecule has 2 aromatic rings. The van der Waals surface area contributed by atoms with Gasteiger partial charge < -0.3 is 19.7 Å². The first-order valence-corrected chi connectivity index (χ1v) is 11.7. The molecule has 2 aliphatic rings. The normalized spacial score (nSPS) is 19.0. The number of methoxy groups -OCH3 is 1. The number of Topliss-reactive ketones (excluding diaryl/α,β-unsaturated/α-hetero) is 1. The number of fused-ring (bicyclic) bond motifs is 1. The maximum atomic E-state index is 13.6. The van der Waals surface area contributed by atoms with Crippen molar-refractivity contribution in [2.75, 3.05) is 20.3 Å². The summed E-state index contributed by atoms with van der Waals surface area (Å²) in [6.07, 6.45) is 0.677. The fourth-order valence-corrected chi connectivity index (χ4v) is 4.60. The van der Waals surface area contributed by atoms with Crippen molar-refractivity contribution in [1.82, 2.24) is 10.2 Å². The summed E-state index contributed by atoms with van der Waals surface area (Å²) >= 11 is 0. The summed E-state index contributed by atoms with van der Waals surface area (Å²) in [5.41, 5.74) is 2.47. The lowest BCUT2D eigenvalue weighted by Crippen LogP contribution is -2.53. The van der Waals surface area contributed by atoms with E-state index in [2.05, 4.69) is 26.1 Å². The van der Waals surface area contributed by atoms with Gasteiger partial charge in [0.15, 0.2) is 5.78 Å². The van der Waals surface area contributed by atoms with Crippen molar-refractivity contribution in [1.29, 1.82) is 0 Å². The van der Waals surface area contributed by atoms with Crippen molar-refractivity contribution in [3.05, 3.63) is 65.2 Å². The van der Waals surface area contributed by atoms with Gasteiger partial charge in [-0.2, -0.15) is 27.0 Å². The van der Waals surface area contributed by atoms with Gasteiger partial charge in [-0.15, -0.1) is 0 Å². The third kappa shape index (κ3) is 7.30. The molecular formula is C28H40N2O5S2. The molecule has 2 aromatic carbocycles. The van der Waals surface area contributed by atoms with Crippen molar-refractivity contribution in [3.63, 3.8) is 0 Å². The summed E-state index contributed by atoms with van der Waals surface area (Å²) in [6, 6.07) is 13.5. The van der Waals surface area contributed by atoms with E-state index in [4.69, 9.17) is 9.47 Å². The predicted octanol–water partition coefficient (Wildman–Crippen LogP) is 3.76. The van der Waals surface area contributed by atoms with Crippen LogP contribution in [-0.4, -0.2) is 60.9 Å². The number of amides is 2. The standard InChI is InChI=1S/C27H32N2O5.CH4.2H2S/c1-27(2,3)19-9-7-18(8-10-19)25(31)28-21(15-17-5-11-20(33-4)12-6-17)26(32)29-14-13-23-24(29)22(30)16-34-23;;;/h5-12,21,23-24H,13-16H2,1-4H3,(H,28,31);1H4;2*1H2/t21-,23+,24+;;;/m0.../s1. The van der Waals surface area contributed by atoms with Crippen LogP contribution in [-0.2, 0) is 26.2 Å². The van der Waals surface area contributed by atoms with Crippen LogP contribution in [0.25, 0.3) is 0 Å². The maximum absolute atomic E-state index is 13.6. The summed E-state index contributed by atoms with van der Waals surface area (Å²) < 4.78 is 10.8. The number of hydrogen-bond donors (Lipinski definition) is 1. The van der Waals surface area contributed by atoms with Gasteiger partial charge in [-0.1, -0.05) is 52.5 Å². The summed E-state index contributed by atoms with van der Waals surface area (Å²) in [6.45, 7) is 6.82. The van der Waals surface area contributed by atoms with E-state index in [-0.39, 0.29) is 70.1 Å². The van der Waals surface area contributed by atoms with Crippen molar-refractivity contribution in [2.45, 2.75) is 64.6 Å². The predicted molar refractivity (Wildman–Crippen MR) is 155 cm³/mol. The molecule has 9 heteroatoms. The first kappa shape index (κ1) is 32.5. The van der Waals surface area contributed by atoms with Crippen LogP contribution < -0.4 is 10.1 Å². The molecule has 3 atom stereocenters. The van der Waals surface area contributed by atoms with Crippen LogP contribution in [0.15, 0.2) is 48.5 Å². The molecule has 2 amide bonds. The number of hydrogen-bond acceptors (Lipinski definition) is 5. The first-order valence-electron chi connectivity index (χ1n) is 11.7. The van der Waals surface area contributed by atoms with E-state index in [0.29, 0.717) is 30.7 Å². The number of carbonyl (C=O) groups is 3. The number of benzene rings is 2. The van der Waals surface area contributed by atoms with Crippen LogP contribution in [0.4, 0.5) is 0 Å². The Balaban J connectivity index is 0.00000228. The highest BCUT2D eigenvalue weighted by molar-refractivity contribution is 7.59. The van der Waals surface area contributed by atoms with Gasteiger partial charge in [0.25, 0.3) is 5.91 Å². The second kappa shape index (κ2) is 13.3. The molecule has 0 aliphatic carbocycles. The van der Waals surface area contributed by atoms with Crippen LogP contribution in [0.1, 0.15) is 56.1 Å². The molecule has 0 radical (unpaired) electrons. The van der Waals surface area contributed by atoms with Crippen LogP contribution in [0.3, 0.4) is 0 Å². The molecule has 0 aromatic heterocycles. The van der Waals surface area contributed by atoms with Crippen LogP contribution in [0, 0.1) is 0 Å². The lowest BCUT2D eigenvalue weighted by molar-refractivity contribution is -0.138. The number of nitrogens with zero attached hydrogens (tertiary/aromatic N) is 1. The summed E-state index contributed by atoms with van der Waals surface area (Å²) in [5.74, 6) is 0.0488. The highest BCUT2D eigenvalue weighted by Gasteiger charge is 2.48. The van der Waals surface area contributed by atoms with Crippen molar-refractivity contribution < 1.29 is 23.9 Å². The van der Waals surface area contributed by atoms with E-state index in [1.807, 2.05) is 36.4 Å². The van der Waals surface area contributed by atoms with E-state index in [9.17, 15) is 14.4 Å².